The molecule has 0 aliphatic carbocycles. The molecule has 2 N–H and O–H groups in total. The molecule has 0 aromatic heterocycles. The quantitative estimate of drug-likeness (QED) is 0.530. The Hall–Kier alpha value is -2.34. The Labute approximate surface area is 117 Å². The Kier molecular flexibility index (Phi) is 4.05. The summed E-state index contributed by atoms with van der Waals surface area (Å²) in [5.41, 5.74) is 7.21. The molecule has 20 heavy (non-hydrogen) atoms. The third-order valence-electron chi connectivity index (χ3n) is 2.61. The lowest BCUT2D eigenvalue weighted by Gasteiger charge is -2.03. The van der Waals surface area contributed by atoms with Crippen molar-refractivity contribution in [3.05, 3.63) is 65.7 Å². The van der Waals surface area contributed by atoms with Crippen molar-refractivity contribution in [2.45, 2.75) is 11.8 Å². The molecule has 0 bridgehead atoms. The van der Waals surface area contributed by atoms with E-state index in [0.717, 1.165) is 5.56 Å². The molecule has 0 aliphatic heterocycles. The van der Waals surface area contributed by atoms with E-state index in [1.54, 1.807) is 36.4 Å². The van der Waals surface area contributed by atoms with E-state index in [9.17, 15) is 8.42 Å². The molecule has 2 aromatic carbocycles. The summed E-state index contributed by atoms with van der Waals surface area (Å²) >= 11 is 0. The van der Waals surface area contributed by atoms with Crippen LogP contribution < -0.4 is 5.73 Å². The molecule has 5 nitrogen and oxygen atoms in total. The second-order valence-corrected chi connectivity index (χ2v) is 5.71. The van der Waals surface area contributed by atoms with Crippen molar-refractivity contribution in [2.24, 2.45) is 10.9 Å². The van der Waals surface area contributed by atoms with Crippen LogP contribution in [0, 0.1) is 6.92 Å². The minimum absolute atomic E-state index is 0.00119. The third kappa shape index (κ3) is 3.36. The zero-order chi connectivity index (χ0) is 14.6. The van der Waals surface area contributed by atoms with E-state index < -0.39 is 10.1 Å². The van der Waals surface area contributed by atoms with Crippen molar-refractivity contribution >= 4 is 16.0 Å². The number of benzene rings is 2. The van der Waals surface area contributed by atoms with Crippen LogP contribution in [0.3, 0.4) is 0 Å². The minimum Gasteiger partial charge on any atom is -0.380 e. The smallest absolute Gasteiger partial charge is 0.358 e. The zero-order valence-electron chi connectivity index (χ0n) is 10.9. The summed E-state index contributed by atoms with van der Waals surface area (Å²) < 4.78 is 28.4. The summed E-state index contributed by atoms with van der Waals surface area (Å²) in [5, 5.41) is 3.47. The molecule has 0 unspecified atom stereocenters. The Morgan fingerprint density at radius 1 is 1.05 bits per heavy atom. The first kappa shape index (κ1) is 14.1. The third-order valence-corrected chi connectivity index (χ3v) is 3.73. The molecule has 0 radical (unpaired) electrons. The minimum atomic E-state index is -3.95. The lowest BCUT2D eigenvalue weighted by Crippen LogP contribution is -2.15. The van der Waals surface area contributed by atoms with Crippen LogP contribution in [-0.2, 0) is 14.4 Å². The highest BCUT2D eigenvalue weighted by Gasteiger charge is 2.15. The molecule has 6 heteroatoms. The standard InChI is InChI=1S/C14H14N2O3S/c1-11-7-9-13(10-8-11)20(17,18)19-16-14(15)12-5-3-2-4-6-12/h2-10H,1H3,(H2,15,16). The highest BCUT2D eigenvalue weighted by atomic mass is 32.2. The van der Waals surface area contributed by atoms with Crippen LogP contribution in [0.1, 0.15) is 11.1 Å². The number of hydrogen-bond acceptors (Lipinski definition) is 4. The molecular weight excluding hydrogens is 276 g/mol. The maximum Gasteiger partial charge on any atom is 0.358 e. The van der Waals surface area contributed by atoms with Crippen LogP contribution in [0.4, 0.5) is 0 Å². The van der Waals surface area contributed by atoms with Crippen LogP contribution in [-0.4, -0.2) is 14.3 Å². The van der Waals surface area contributed by atoms with Crippen molar-refractivity contribution in [3.8, 4) is 0 Å². The number of amidine groups is 1. The van der Waals surface area contributed by atoms with E-state index in [-0.39, 0.29) is 10.7 Å². The van der Waals surface area contributed by atoms with Gasteiger partial charge >= 0.3 is 10.1 Å². The molecular formula is C14H14N2O3S. The van der Waals surface area contributed by atoms with Crippen LogP contribution >= 0.6 is 0 Å². The average molecular weight is 290 g/mol. The number of oxime groups is 1. The molecule has 0 saturated heterocycles. The molecule has 2 aromatic rings. The van der Waals surface area contributed by atoms with E-state index >= 15 is 0 Å². The SMILES string of the molecule is Cc1ccc(S(=O)(=O)ON=C(N)c2ccccc2)cc1. The monoisotopic (exact) mass is 290 g/mol. The van der Waals surface area contributed by atoms with Gasteiger partial charge in [0.25, 0.3) is 0 Å². The molecule has 104 valence electrons. The lowest BCUT2D eigenvalue weighted by molar-refractivity contribution is 0.338. The van der Waals surface area contributed by atoms with E-state index in [0.29, 0.717) is 5.56 Å². The number of rotatable bonds is 4. The molecule has 2 rings (SSSR count). The number of hydrogen-bond donors (Lipinski definition) is 1. The first-order valence-corrected chi connectivity index (χ1v) is 7.29. The predicted octanol–water partition coefficient (Wildman–Crippen LogP) is 2.02. The maximum absolute atomic E-state index is 11.9. The molecule has 0 aliphatic rings. The Bertz CT molecular complexity index is 708. The highest BCUT2D eigenvalue weighted by Crippen LogP contribution is 2.13. The van der Waals surface area contributed by atoms with Crippen LogP contribution in [0.25, 0.3) is 0 Å². The van der Waals surface area contributed by atoms with Crippen molar-refractivity contribution in [3.63, 3.8) is 0 Å². The number of nitrogens with zero attached hydrogens (tertiary/aromatic N) is 1. The van der Waals surface area contributed by atoms with Crippen molar-refractivity contribution in [1.29, 1.82) is 0 Å². The Morgan fingerprint density at radius 3 is 2.25 bits per heavy atom. The van der Waals surface area contributed by atoms with Crippen molar-refractivity contribution in [1.82, 2.24) is 0 Å². The second-order valence-electron chi connectivity index (χ2n) is 4.18. The number of nitrogens with two attached hydrogens (primary N) is 1. The first-order valence-electron chi connectivity index (χ1n) is 5.88. The van der Waals surface area contributed by atoms with Gasteiger partial charge in [-0.2, -0.15) is 8.42 Å². The summed E-state index contributed by atoms with van der Waals surface area (Å²) in [4.78, 5) is 0.0349. The first-order chi connectivity index (χ1) is 9.49. The molecule has 0 fully saturated rings. The summed E-state index contributed by atoms with van der Waals surface area (Å²) in [7, 11) is -3.95. The van der Waals surface area contributed by atoms with Gasteiger partial charge in [0, 0.05) is 5.56 Å². The number of aryl methyl sites for hydroxylation is 1. The summed E-state index contributed by atoms with van der Waals surface area (Å²) in [6.45, 7) is 1.86. The van der Waals surface area contributed by atoms with E-state index in [2.05, 4.69) is 9.44 Å². The second kappa shape index (κ2) is 5.75. The molecule has 0 atom stereocenters. The summed E-state index contributed by atoms with van der Waals surface area (Å²) in [6, 6.07) is 15.1. The Balaban J connectivity index is 2.19. The fraction of sp³-hybridized carbons (Fsp3) is 0.0714. The fourth-order valence-corrected chi connectivity index (χ4v) is 2.23. The van der Waals surface area contributed by atoms with E-state index in [4.69, 9.17) is 5.73 Å². The van der Waals surface area contributed by atoms with Gasteiger partial charge < -0.3 is 5.73 Å². The van der Waals surface area contributed by atoms with Crippen molar-refractivity contribution in [2.75, 3.05) is 0 Å². The normalized spacial score (nSPS) is 12.2. The highest BCUT2D eigenvalue weighted by molar-refractivity contribution is 7.86. The van der Waals surface area contributed by atoms with Gasteiger partial charge in [-0.15, -0.1) is 0 Å². The van der Waals surface area contributed by atoms with Crippen LogP contribution in [0.2, 0.25) is 0 Å². The van der Waals surface area contributed by atoms with Crippen molar-refractivity contribution < 1.29 is 12.7 Å². The van der Waals surface area contributed by atoms with Gasteiger partial charge in [-0.1, -0.05) is 48.0 Å². The van der Waals surface area contributed by atoms with Gasteiger partial charge in [0.1, 0.15) is 4.90 Å². The lowest BCUT2D eigenvalue weighted by atomic mass is 10.2. The van der Waals surface area contributed by atoms with Crippen LogP contribution in [0.15, 0.2) is 64.6 Å². The van der Waals surface area contributed by atoms with Gasteiger partial charge in [0.2, 0.25) is 0 Å². The maximum atomic E-state index is 11.9. The average Bonchev–Trinajstić information content (AvgIpc) is 2.46. The van der Waals surface area contributed by atoms with Gasteiger partial charge in [-0.3, -0.25) is 4.28 Å². The Morgan fingerprint density at radius 2 is 1.65 bits per heavy atom. The largest absolute Gasteiger partial charge is 0.380 e. The van der Waals surface area contributed by atoms with Gasteiger partial charge in [-0.05, 0) is 24.2 Å². The summed E-state index contributed by atoms with van der Waals surface area (Å²) in [6.07, 6.45) is 0. The molecule has 0 saturated carbocycles. The van der Waals surface area contributed by atoms with E-state index in [1.807, 2.05) is 13.0 Å². The van der Waals surface area contributed by atoms with Gasteiger partial charge in [-0.25, -0.2) is 0 Å². The van der Waals surface area contributed by atoms with E-state index in [1.165, 1.54) is 12.1 Å². The zero-order valence-corrected chi connectivity index (χ0v) is 11.7. The van der Waals surface area contributed by atoms with Crippen LogP contribution in [0.5, 0.6) is 0 Å². The van der Waals surface area contributed by atoms with Gasteiger partial charge in [0.05, 0.1) is 0 Å². The predicted molar refractivity (Wildman–Crippen MR) is 76.6 cm³/mol. The summed E-state index contributed by atoms with van der Waals surface area (Å²) in [5.74, 6) is 0.00119. The molecule has 0 heterocycles. The van der Waals surface area contributed by atoms with Gasteiger partial charge in [0.15, 0.2) is 5.84 Å². The fourth-order valence-electron chi connectivity index (χ4n) is 1.50. The molecule has 0 spiro atoms. The topological polar surface area (TPSA) is 81.8 Å². The molecule has 0 amide bonds.